The summed E-state index contributed by atoms with van der Waals surface area (Å²) in [6.07, 6.45) is 8.65. The van der Waals surface area contributed by atoms with Gasteiger partial charge in [-0.2, -0.15) is 0 Å². The summed E-state index contributed by atoms with van der Waals surface area (Å²) in [7, 11) is 0. The Morgan fingerprint density at radius 1 is 1.39 bits per heavy atom. The van der Waals surface area contributed by atoms with Crippen LogP contribution in [0.4, 0.5) is 4.39 Å². The lowest BCUT2D eigenvalue weighted by Crippen LogP contribution is -2.34. The van der Waals surface area contributed by atoms with Gasteiger partial charge in [-0.1, -0.05) is 26.7 Å². The van der Waals surface area contributed by atoms with Crippen molar-refractivity contribution < 1.29 is 4.39 Å². The normalized spacial score (nSPS) is 20.3. The molecule has 0 bridgehead atoms. The summed E-state index contributed by atoms with van der Waals surface area (Å²) in [5.41, 5.74) is 7.13. The first-order valence-corrected chi connectivity index (χ1v) is 6.90. The van der Waals surface area contributed by atoms with Crippen LogP contribution in [0.3, 0.4) is 0 Å². The predicted molar refractivity (Wildman–Crippen MR) is 71.5 cm³/mol. The monoisotopic (exact) mass is 250 g/mol. The third-order valence-electron chi connectivity index (χ3n) is 4.21. The van der Waals surface area contributed by atoms with Gasteiger partial charge in [0.15, 0.2) is 0 Å². The molecule has 0 radical (unpaired) electrons. The van der Waals surface area contributed by atoms with E-state index >= 15 is 0 Å². The molecule has 1 aromatic heterocycles. The number of pyridine rings is 1. The predicted octanol–water partition coefficient (Wildman–Crippen LogP) is 3.83. The fourth-order valence-electron chi connectivity index (χ4n) is 3.50. The van der Waals surface area contributed by atoms with Crippen LogP contribution in [0.5, 0.6) is 0 Å². The lowest BCUT2D eigenvalue weighted by molar-refractivity contribution is 0.180. The van der Waals surface area contributed by atoms with E-state index in [1.807, 2.05) is 0 Å². The lowest BCUT2D eigenvalue weighted by atomic mass is 9.71. The van der Waals surface area contributed by atoms with E-state index in [1.54, 1.807) is 12.3 Å². The summed E-state index contributed by atoms with van der Waals surface area (Å²) >= 11 is 0. The quantitative estimate of drug-likeness (QED) is 0.882. The first-order chi connectivity index (χ1) is 8.55. The first-order valence-electron chi connectivity index (χ1n) is 6.90. The Hall–Kier alpha value is -0.960. The van der Waals surface area contributed by atoms with Crippen molar-refractivity contribution in [3.05, 3.63) is 29.8 Å². The van der Waals surface area contributed by atoms with Crippen LogP contribution in [0.15, 0.2) is 18.5 Å². The first kappa shape index (κ1) is 13.5. The van der Waals surface area contributed by atoms with Gasteiger partial charge in [-0.05, 0) is 36.7 Å². The molecule has 1 unspecified atom stereocenters. The standard InChI is InChI=1S/C15H23FN2/c1-11(2)9-15(6-3-4-7-15)14(17)12-5-8-18-10-13(12)16/h5,8,10-11,14H,3-4,6-7,9,17H2,1-2H3. The van der Waals surface area contributed by atoms with Gasteiger partial charge in [0, 0.05) is 17.8 Å². The Labute approximate surface area is 109 Å². The molecule has 1 fully saturated rings. The Balaban J connectivity index is 2.29. The van der Waals surface area contributed by atoms with Crippen molar-refractivity contribution in [2.75, 3.05) is 0 Å². The zero-order chi connectivity index (χ0) is 13.2. The van der Waals surface area contributed by atoms with E-state index in [0.717, 1.165) is 19.3 Å². The third kappa shape index (κ3) is 2.56. The Morgan fingerprint density at radius 2 is 2.06 bits per heavy atom. The minimum atomic E-state index is -0.264. The van der Waals surface area contributed by atoms with Crippen LogP contribution < -0.4 is 5.73 Å². The summed E-state index contributed by atoms with van der Waals surface area (Å²) < 4.78 is 13.9. The molecule has 2 nitrogen and oxygen atoms in total. The molecule has 3 heteroatoms. The van der Waals surface area contributed by atoms with Crippen LogP contribution in [0.2, 0.25) is 0 Å². The number of halogens is 1. The Kier molecular flexibility index (Phi) is 4.00. The Bertz CT molecular complexity index is 397. The largest absolute Gasteiger partial charge is 0.323 e. The fraction of sp³-hybridized carbons (Fsp3) is 0.667. The molecule has 1 atom stereocenters. The molecule has 100 valence electrons. The van der Waals surface area contributed by atoms with Gasteiger partial charge in [0.05, 0.1) is 6.20 Å². The molecular formula is C15H23FN2. The number of hydrogen-bond acceptors (Lipinski definition) is 2. The maximum Gasteiger partial charge on any atom is 0.146 e. The molecule has 1 aromatic rings. The van der Waals surface area contributed by atoms with Crippen molar-refractivity contribution in [2.45, 2.75) is 52.0 Å². The van der Waals surface area contributed by atoms with Gasteiger partial charge in [0.1, 0.15) is 5.82 Å². The van der Waals surface area contributed by atoms with Crippen molar-refractivity contribution in [1.82, 2.24) is 4.98 Å². The van der Waals surface area contributed by atoms with Gasteiger partial charge in [-0.25, -0.2) is 4.39 Å². The van der Waals surface area contributed by atoms with Crippen molar-refractivity contribution in [3.8, 4) is 0 Å². The minimum absolute atomic E-state index is 0.0797. The van der Waals surface area contributed by atoms with Gasteiger partial charge in [-0.15, -0.1) is 0 Å². The molecule has 0 aliphatic heterocycles. The van der Waals surface area contributed by atoms with Gasteiger partial charge in [-0.3, -0.25) is 4.98 Å². The van der Waals surface area contributed by atoms with Gasteiger partial charge < -0.3 is 5.73 Å². The topological polar surface area (TPSA) is 38.9 Å². The average Bonchev–Trinajstić information content (AvgIpc) is 2.77. The second-order valence-electron chi connectivity index (χ2n) is 6.04. The highest BCUT2D eigenvalue weighted by Gasteiger charge is 2.41. The Morgan fingerprint density at radius 3 is 2.61 bits per heavy atom. The summed E-state index contributed by atoms with van der Waals surface area (Å²) in [6, 6.07) is 1.53. The molecule has 1 aliphatic carbocycles. The summed E-state index contributed by atoms with van der Waals surface area (Å²) in [5.74, 6) is 0.332. The smallest absolute Gasteiger partial charge is 0.146 e. The summed E-state index contributed by atoms with van der Waals surface area (Å²) in [6.45, 7) is 4.44. The van der Waals surface area contributed by atoms with E-state index in [0.29, 0.717) is 11.5 Å². The van der Waals surface area contributed by atoms with Gasteiger partial charge in [0.2, 0.25) is 0 Å². The molecule has 0 saturated heterocycles. The van der Waals surface area contributed by atoms with Crippen LogP contribution in [-0.4, -0.2) is 4.98 Å². The average molecular weight is 250 g/mol. The summed E-state index contributed by atoms with van der Waals surface area (Å²) in [5, 5.41) is 0. The fourth-order valence-corrected chi connectivity index (χ4v) is 3.50. The van der Waals surface area contributed by atoms with Crippen molar-refractivity contribution in [3.63, 3.8) is 0 Å². The SMILES string of the molecule is CC(C)CC1(C(N)c2ccncc2F)CCCC1. The highest BCUT2D eigenvalue weighted by Crippen LogP contribution is 2.50. The molecule has 2 N–H and O–H groups in total. The van der Waals surface area contributed by atoms with Gasteiger partial charge in [0.25, 0.3) is 0 Å². The highest BCUT2D eigenvalue weighted by molar-refractivity contribution is 5.20. The van der Waals surface area contributed by atoms with Crippen LogP contribution in [0.25, 0.3) is 0 Å². The van der Waals surface area contributed by atoms with Crippen molar-refractivity contribution in [2.24, 2.45) is 17.1 Å². The van der Waals surface area contributed by atoms with E-state index in [4.69, 9.17) is 5.73 Å². The zero-order valence-electron chi connectivity index (χ0n) is 11.3. The number of nitrogens with zero attached hydrogens (tertiary/aromatic N) is 1. The van der Waals surface area contributed by atoms with Crippen molar-refractivity contribution >= 4 is 0 Å². The molecule has 1 saturated carbocycles. The maximum absolute atomic E-state index is 13.9. The van der Waals surface area contributed by atoms with E-state index in [2.05, 4.69) is 18.8 Å². The van der Waals surface area contributed by atoms with Gasteiger partial charge >= 0.3 is 0 Å². The van der Waals surface area contributed by atoms with E-state index in [1.165, 1.54) is 19.0 Å². The number of rotatable bonds is 4. The molecule has 0 aromatic carbocycles. The van der Waals surface area contributed by atoms with Crippen LogP contribution in [-0.2, 0) is 0 Å². The molecule has 1 heterocycles. The number of hydrogen-bond donors (Lipinski definition) is 1. The molecule has 0 spiro atoms. The molecular weight excluding hydrogens is 227 g/mol. The highest BCUT2D eigenvalue weighted by atomic mass is 19.1. The zero-order valence-corrected chi connectivity index (χ0v) is 11.3. The second kappa shape index (κ2) is 5.35. The molecule has 1 aliphatic rings. The van der Waals surface area contributed by atoms with Crippen LogP contribution in [0.1, 0.15) is 57.6 Å². The second-order valence-corrected chi connectivity index (χ2v) is 6.04. The molecule has 18 heavy (non-hydrogen) atoms. The van der Waals surface area contributed by atoms with E-state index in [9.17, 15) is 4.39 Å². The lowest BCUT2D eigenvalue weighted by Gasteiger charge is -2.37. The number of nitrogens with two attached hydrogens (primary N) is 1. The third-order valence-corrected chi connectivity index (χ3v) is 4.21. The molecule has 2 rings (SSSR count). The minimum Gasteiger partial charge on any atom is -0.323 e. The van der Waals surface area contributed by atoms with Crippen LogP contribution >= 0.6 is 0 Å². The molecule has 0 amide bonds. The maximum atomic E-state index is 13.9. The van der Waals surface area contributed by atoms with Crippen molar-refractivity contribution in [1.29, 1.82) is 0 Å². The van der Waals surface area contributed by atoms with Crippen LogP contribution in [0, 0.1) is 17.2 Å². The van der Waals surface area contributed by atoms with E-state index in [-0.39, 0.29) is 17.3 Å². The number of aromatic nitrogens is 1. The van der Waals surface area contributed by atoms with E-state index < -0.39 is 0 Å². The summed E-state index contributed by atoms with van der Waals surface area (Å²) in [4.78, 5) is 3.81.